The third kappa shape index (κ3) is 4.93. The Labute approximate surface area is 175 Å². The fourth-order valence-electron chi connectivity index (χ4n) is 3.16. The molecule has 8 heteroatoms. The number of nitrogens with one attached hydrogen (secondary N) is 1. The van der Waals surface area contributed by atoms with Gasteiger partial charge in [0.2, 0.25) is 10.0 Å². The van der Waals surface area contributed by atoms with Crippen LogP contribution in [0.1, 0.15) is 30.4 Å². The maximum Gasteiger partial charge on any atom is 0.266 e. The Morgan fingerprint density at radius 1 is 1.03 bits per heavy atom. The zero-order valence-corrected chi connectivity index (χ0v) is 17.0. The highest BCUT2D eigenvalue weighted by molar-refractivity contribution is 7.89. The summed E-state index contributed by atoms with van der Waals surface area (Å²) in [6, 6.07) is 16.3. The number of hydrogen-bond acceptors (Lipinski definition) is 5. The molecule has 1 aliphatic heterocycles. The molecule has 0 saturated carbocycles. The second-order valence-electron chi connectivity index (χ2n) is 6.85. The van der Waals surface area contributed by atoms with Crippen molar-refractivity contribution in [2.45, 2.75) is 24.2 Å². The SMILES string of the molecule is N#C/C(=C\c1ccc(C#N)cc1)C(=O)Nc1cccc(S(=O)(=O)N2CCCCC2)c1. The van der Waals surface area contributed by atoms with Crippen LogP contribution in [0.3, 0.4) is 0 Å². The largest absolute Gasteiger partial charge is 0.321 e. The van der Waals surface area contributed by atoms with E-state index in [-0.39, 0.29) is 10.5 Å². The van der Waals surface area contributed by atoms with Gasteiger partial charge in [0, 0.05) is 18.8 Å². The van der Waals surface area contributed by atoms with Gasteiger partial charge in [-0.1, -0.05) is 24.6 Å². The van der Waals surface area contributed by atoms with E-state index in [9.17, 15) is 18.5 Å². The maximum atomic E-state index is 12.8. The highest BCUT2D eigenvalue weighted by Crippen LogP contribution is 2.23. The standard InChI is InChI=1S/C22H20N4O3S/c23-15-18-9-7-17(8-10-18)13-19(16-24)22(27)25-20-5-4-6-21(14-20)30(28,29)26-11-2-1-3-12-26/h4-10,13-14H,1-3,11-12H2,(H,25,27)/b19-13+. The predicted molar refractivity (Wildman–Crippen MR) is 112 cm³/mol. The van der Waals surface area contributed by atoms with Gasteiger partial charge < -0.3 is 5.32 Å². The van der Waals surface area contributed by atoms with Crippen LogP contribution in [-0.2, 0) is 14.8 Å². The van der Waals surface area contributed by atoms with Gasteiger partial charge in [-0.2, -0.15) is 14.8 Å². The number of amides is 1. The van der Waals surface area contributed by atoms with Crippen LogP contribution in [0.4, 0.5) is 5.69 Å². The zero-order chi connectivity index (χ0) is 21.6. The third-order valence-corrected chi connectivity index (χ3v) is 6.66. The molecule has 1 saturated heterocycles. The molecule has 0 unspecified atom stereocenters. The average molecular weight is 420 g/mol. The van der Waals surface area contributed by atoms with Gasteiger partial charge in [0.25, 0.3) is 5.91 Å². The number of anilines is 1. The summed E-state index contributed by atoms with van der Waals surface area (Å²) in [7, 11) is -3.63. The summed E-state index contributed by atoms with van der Waals surface area (Å²) >= 11 is 0. The molecule has 0 spiro atoms. The van der Waals surface area contributed by atoms with Crippen LogP contribution in [0.2, 0.25) is 0 Å². The summed E-state index contributed by atoms with van der Waals surface area (Å²) < 4.78 is 27.1. The topological polar surface area (TPSA) is 114 Å². The lowest BCUT2D eigenvalue weighted by Gasteiger charge is -2.26. The Balaban J connectivity index is 1.79. The van der Waals surface area contributed by atoms with E-state index in [0.717, 1.165) is 19.3 Å². The molecule has 1 N–H and O–H groups in total. The van der Waals surface area contributed by atoms with Crippen LogP contribution in [0.25, 0.3) is 6.08 Å². The molecule has 0 bridgehead atoms. The van der Waals surface area contributed by atoms with Crippen LogP contribution in [0.15, 0.2) is 59.0 Å². The van der Waals surface area contributed by atoms with Crippen LogP contribution >= 0.6 is 0 Å². The van der Waals surface area contributed by atoms with Crippen molar-refractivity contribution in [2.24, 2.45) is 0 Å². The molecule has 0 radical (unpaired) electrons. The number of nitrogens with zero attached hydrogens (tertiary/aromatic N) is 3. The first-order valence-corrected chi connectivity index (χ1v) is 10.9. The molecule has 30 heavy (non-hydrogen) atoms. The normalized spacial score (nSPS) is 15.1. The smallest absolute Gasteiger partial charge is 0.266 e. The fourth-order valence-corrected chi connectivity index (χ4v) is 4.72. The van der Waals surface area contributed by atoms with Crippen molar-refractivity contribution < 1.29 is 13.2 Å². The summed E-state index contributed by atoms with van der Waals surface area (Å²) in [5.41, 5.74) is 1.23. The minimum absolute atomic E-state index is 0.108. The summed E-state index contributed by atoms with van der Waals surface area (Å²) in [5.74, 6) is -0.644. The number of nitriles is 2. The first kappa shape index (κ1) is 21.3. The Morgan fingerprint density at radius 3 is 2.37 bits per heavy atom. The lowest BCUT2D eigenvalue weighted by Crippen LogP contribution is -2.35. The number of carbonyl (C=O) groups excluding carboxylic acids is 1. The molecule has 0 aliphatic carbocycles. The molecular formula is C22H20N4O3S. The van der Waals surface area contributed by atoms with E-state index in [2.05, 4.69) is 5.32 Å². The number of benzene rings is 2. The fraction of sp³-hybridized carbons (Fsp3) is 0.227. The molecule has 0 atom stereocenters. The van der Waals surface area contributed by atoms with Gasteiger partial charge in [0.15, 0.2) is 0 Å². The van der Waals surface area contributed by atoms with Crippen molar-refractivity contribution in [3.05, 3.63) is 65.2 Å². The molecule has 1 amide bonds. The zero-order valence-electron chi connectivity index (χ0n) is 16.2. The quantitative estimate of drug-likeness (QED) is 0.589. The van der Waals surface area contributed by atoms with Gasteiger partial charge in [-0.3, -0.25) is 4.79 Å². The molecule has 152 valence electrons. The third-order valence-electron chi connectivity index (χ3n) is 4.76. The number of sulfonamides is 1. The molecular weight excluding hydrogens is 400 g/mol. The van der Waals surface area contributed by atoms with Gasteiger partial charge in [0.1, 0.15) is 11.6 Å². The van der Waals surface area contributed by atoms with Crippen molar-refractivity contribution in [1.82, 2.24) is 4.31 Å². The molecule has 0 aromatic heterocycles. The monoisotopic (exact) mass is 420 g/mol. The second-order valence-corrected chi connectivity index (χ2v) is 8.79. The minimum Gasteiger partial charge on any atom is -0.321 e. The van der Waals surface area contributed by atoms with Crippen molar-refractivity contribution in [3.8, 4) is 12.1 Å². The Kier molecular flexibility index (Phi) is 6.63. The van der Waals surface area contributed by atoms with E-state index in [0.29, 0.717) is 29.9 Å². The predicted octanol–water partition coefficient (Wildman–Crippen LogP) is 3.28. The summed E-state index contributed by atoms with van der Waals surface area (Å²) in [5, 5.41) is 20.8. The van der Waals surface area contributed by atoms with Gasteiger partial charge >= 0.3 is 0 Å². The lowest BCUT2D eigenvalue weighted by molar-refractivity contribution is -0.112. The minimum atomic E-state index is -3.63. The highest BCUT2D eigenvalue weighted by Gasteiger charge is 2.26. The number of rotatable bonds is 5. The van der Waals surface area contributed by atoms with Crippen LogP contribution < -0.4 is 5.32 Å². The van der Waals surface area contributed by atoms with E-state index in [1.807, 2.05) is 12.1 Å². The molecule has 7 nitrogen and oxygen atoms in total. The lowest BCUT2D eigenvalue weighted by atomic mass is 10.1. The first-order valence-electron chi connectivity index (χ1n) is 9.47. The second kappa shape index (κ2) is 9.36. The first-order chi connectivity index (χ1) is 14.4. The Morgan fingerprint density at radius 2 is 1.73 bits per heavy atom. The summed E-state index contributed by atoms with van der Waals surface area (Å²) in [6.45, 7) is 0.982. The van der Waals surface area contributed by atoms with Crippen LogP contribution in [0.5, 0.6) is 0 Å². The summed E-state index contributed by atoms with van der Waals surface area (Å²) in [6.07, 6.45) is 4.10. The maximum absolute atomic E-state index is 12.8. The van der Waals surface area contributed by atoms with Crippen molar-refractivity contribution in [1.29, 1.82) is 10.5 Å². The van der Waals surface area contributed by atoms with Crippen molar-refractivity contribution in [3.63, 3.8) is 0 Å². The van der Waals surface area contributed by atoms with E-state index in [1.54, 1.807) is 36.4 Å². The number of carbonyl (C=O) groups is 1. The van der Waals surface area contributed by atoms with Gasteiger partial charge in [-0.25, -0.2) is 8.42 Å². The van der Waals surface area contributed by atoms with Gasteiger partial charge in [-0.05, 0) is 54.8 Å². The molecule has 1 heterocycles. The molecule has 1 aliphatic rings. The van der Waals surface area contributed by atoms with Crippen LogP contribution in [-0.4, -0.2) is 31.7 Å². The van der Waals surface area contributed by atoms with Crippen molar-refractivity contribution >= 4 is 27.7 Å². The van der Waals surface area contributed by atoms with E-state index >= 15 is 0 Å². The van der Waals surface area contributed by atoms with E-state index < -0.39 is 15.9 Å². The van der Waals surface area contributed by atoms with Gasteiger partial charge in [0.05, 0.1) is 16.5 Å². The van der Waals surface area contributed by atoms with E-state index in [4.69, 9.17) is 5.26 Å². The van der Waals surface area contributed by atoms with Crippen molar-refractivity contribution in [2.75, 3.05) is 18.4 Å². The average Bonchev–Trinajstić information content (AvgIpc) is 2.78. The van der Waals surface area contributed by atoms with E-state index in [1.165, 1.54) is 22.5 Å². The number of piperidine rings is 1. The van der Waals surface area contributed by atoms with Crippen LogP contribution in [0, 0.1) is 22.7 Å². The molecule has 2 aromatic rings. The summed E-state index contributed by atoms with van der Waals surface area (Å²) in [4.78, 5) is 12.6. The molecule has 2 aromatic carbocycles. The number of hydrogen-bond donors (Lipinski definition) is 1. The molecule has 1 fully saturated rings. The molecule has 3 rings (SSSR count). The highest BCUT2D eigenvalue weighted by atomic mass is 32.2. The van der Waals surface area contributed by atoms with Gasteiger partial charge in [-0.15, -0.1) is 0 Å². The Bertz CT molecular complexity index is 1150. The Hall–Kier alpha value is -3.46.